The summed E-state index contributed by atoms with van der Waals surface area (Å²) < 4.78 is 15.5. The van der Waals surface area contributed by atoms with Crippen LogP contribution in [0, 0.1) is 0 Å². The minimum Gasteiger partial charge on any atom is -0.462 e. The van der Waals surface area contributed by atoms with Crippen molar-refractivity contribution < 1.29 is 19.0 Å². The Balaban J connectivity index is 1.60. The molecule has 0 spiro atoms. The number of benzene rings is 1. The van der Waals surface area contributed by atoms with Crippen molar-refractivity contribution in [3.05, 3.63) is 41.7 Å². The van der Waals surface area contributed by atoms with Crippen molar-refractivity contribution in [3.63, 3.8) is 0 Å². The molecule has 0 bridgehead atoms. The summed E-state index contributed by atoms with van der Waals surface area (Å²) in [5.74, 6) is 1.49. The van der Waals surface area contributed by atoms with Gasteiger partial charge in [-0.05, 0) is 24.6 Å². The second kappa shape index (κ2) is 6.30. The number of hydrogen-bond acceptors (Lipinski definition) is 7. The fourth-order valence-corrected chi connectivity index (χ4v) is 1.97. The highest BCUT2D eigenvalue weighted by molar-refractivity contribution is 5.88. The topological polar surface area (TPSA) is 82.6 Å². The van der Waals surface area contributed by atoms with E-state index in [4.69, 9.17) is 14.2 Å². The Labute approximate surface area is 127 Å². The van der Waals surface area contributed by atoms with Crippen LogP contribution in [0.2, 0.25) is 0 Å². The molecule has 114 valence electrons. The van der Waals surface area contributed by atoms with Gasteiger partial charge in [-0.25, -0.2) is 14.8 Å². The predicted octanol–water partition coefficient (Wildman–Crippen LogP) is 1.99. The Morgan fingerprint density at radius 1 is 1.27 bits per heavy atom. The molecule has 2 aromatic rings. The number of esters is 1. The third-order valence-electron chi connectivity index (χ3n) is 3.05. The van der Waals surface area contributed by atoms with Crippen molar-refractivity contribution in [2.75, 3.05) is 18.7 Å². The van der Waals surface area contributed by atoms with Crippen molar-refractivity contribution in [3.8, 4) is 11.5 Å². The van der Waals surface area contributed by atoms with Crippen LogP contribution in [0.3, 0.4) is 0 Å². The van der Waals surface area contributed by atoms with Gasteiger partial charge in [0.15, 0.2) is 11.5 Å². The van der Waals surface area contributed by atoms with Gasteiger partial charge < -0.3 is 19.5 Å². The number of hydrogen-bond donors (Lipinski definition) is 1. The van der Waals surface area contributed by atoms with Crippen molar-refractivity contribution in [2.45, 2.75) is 13.5 Å². The monoisotopic (exact) mass is 301 g/mol. The molecule has 1 aliphatic rings. The first kappa shape index (κ1) is 14.1. The fraction of sp³-hybridized carbons (Fsp3) is 0.267. The van der Waals surface area contributed by atoms with Crippen LogP contribution in [-0.4, -0.2) is 29.3 Å². The second-order valence-electron chi connectivity index (χ2n) is 4.56. The summed E-state index contributed by atoms with van der Waals surface area (Å²) in [6, 6.07) is 5.71. The number of rotatable bonds is 5. The number of fused-ring (bicyclic) bond motifs is 1. The van der Waals surface area contributed by atoms with Gasteiger partial charge in [0.1, 0.15) is 0 Å². The molecule has 7 nitrogen and oxygen atoms in total. The van der Waals surface area contributed by atoms with E-state index in [9.17, 15) is 4.79 Å². The Bertz CT molecular complexity index is 673. The van der Waals surface area contributed by atoms with E-state index in [2.05, 4.69) is 15.3 Å². The van der Waals surface area contributed by atoms with Crippen LogP contribution in [0.5, 0.6) is 11.5 Å². The van der Waals surface area contributed by atoms with Crippen LogP contribution in [0.25, 0.3) is 0 Å². The molecule has 1 aromatic carbocycles. The first-order valence-electron chi connectivity index (χ1n) is 6.88. The SMILES string of the molecule is CCOC(=O)c1cnc(NCc2ccc3c(c2)OCO3)nc1. The van der Waals surface area contributed by atoms with Crippen LogP contribution in [0.15, 0.2) is 30.6 Å². The molecule has 0 atom stereocenters. The lowest BCUT2D eigenvalue weighted by atomic mass is 10.2. The minimum atomic E-state index is -0.426. The number of carbonyl (C=O) groups excluding carboxylic acids is 1. The van der Waals surface area contributed by atoms with E-state index < -0.39 is 5.97 Å². The number of aromatic nitrogens is 2. The first-order valence-corrected chi connectivity index (χ1v) is 6.88. The quantitative estimate of drug-likeness (QED) is 0.846. The molecular formula is C15H15N3O4. The molecule has 22 heavy (non-hydrogen) atoms. The van der Waals surface area contributed by atoms with Gasteiger partial charge in [0.25, 0.3) is 0 Å². The van der Waals surface area contributed by atoms with Crippen molar-refractivity contribution >= 4 is 11.9 Å². The highest BCUT2D eigenvalue weighted by Crippen LogP contribution is 2.32. The van der Waals surface area contributed by atoms with Crippen molar-refractivity contribution in [1.82, 2.24) is 9.97 Å². The summed E-state index contributed by atoms with van der Waals surface area (Å²) in [4.78, 5) is 19.7. The average Bonchev–Trinajstić information content (AvgIpc) is 3.01. The second-order valence-corrected chi connectivity index (χ2v) is 4.56. The lowest BCUT2D eigenvalue weighted by Crippen LogP contribution is -2.08. The Kier molecular flexibility index (Phi) is 4.04. The van der Waals surface area contributed by atoms with Crippen molar-refractivity contribution in [1.29, 1.82) is 0 Å². The number of anilines is 1. The third-order valence-corrected chi connectivity index (χ3v) is 3.05. The molecule has 0 aliphatic carbocycles. The van der Waals surface area contributed by atoms with Crippen LogP contribution in [-0.2, 0) is 11.3 Å². The lowest BCUT2D eigenvalue weighted by molar-refractivity contribution is 0.0525. The maximum Gasteiger partial charge on any atom is 0.341 e. The molecule has 2 heterocycles. The zero-order valence-corrected chi connectivity index (χ0v) is 12.0. The molecule has 0 fully saturated rings. The molecule has 0 unspecified atom stereocenters. The zero-order valence-electron chi connectivity index (χ0n) is 12.0. The first-order chi connectivity index (χ1) is 10.8. The predicted molar refractivity (Wildman–Crippen MR) is 77.9 cm³/mol. The van der Waals surface area contributed by atoms with E-state index in [-0.39, 0.29) is 6.79 Å². The highest BCUT2D eigenvalue weighted by Gasteiger charge is 2.13. The number of nitrogens with zero attached hydrogens (tertiary/aromatic N) is 2. The summed E-state index contributed by atoms with van der Waals surface area (Å²) in [6.45, 7) is 2.86. The van der Waals surface area contributed by atoms with Gasteiger partial charge in [0.05, 0.1) is 12.2 Å². The number of nitrogens with one attached hydrogen (secondary N) is 1. The van der Waals surface area contributed by atoms with Crippen LogP contribution >= 0.6 is 0 Å². The molecule has 1 aromatic heterocycles. The van der Waals surface area contributed by atoms with E-state index in [0.29, 0.717) is 24.7 Å². The molecule has 0 saturated heterocycles. The smallest absolute Gasteiger partial charge is 0.341 e. The largest absolute Gasteiger partial charge is 0.462 e. The van der Waals surface area contributed by atoms with E-state index in [0.717, 1.165) is 17.1 Å². The normalized spacial score (nSPS) is 12.0. The van der Waals surface area contributed by atoms with E-state index >= 15 is 0 Å². The maximum absolute atomic E-state index is 11.5. The molecule has 1 N–H and O–H groups in total. The highest BCUT2D eigenvalue weighted by atomic mass is 16.7. The third kappa shape index (κ3) is 3.08. The van der Waals surface area contributed by atoms with Gasteiger partial charge in [-0.3, -0.25) is 0 Å². The van der Waals surface area contributed by atoms with Gasteiger partial charge in [0.2, 0.25) is 12.7 Å². The lowest BCUT2D eigenvalue weighted by Gasteiger charge is -2.06. The van der Waals surface area contributed by atoms with Gasteiger partial charge in [0, 0.05) is 18.9 Å². The molecule has 3 rings (SSSR count). The molecule has 0 amide bonds. The summed E-state index contributed by atoms with van der Waals surface area (Å²) in [7, 11) is 0. The molecule has 1 aliphatic heterocycles. The molecule has 0 saturated carbocycles. The zero-order chi connectivity index (χ0) is 15.4. The number of ether oxygens (including phenoxy) is 3. The molecule has 0 radical (unpaired) electrons. The average molecular weight is 301 g/mol. The Morgan fingerprint density at radius 3 is 2.82 bits per heavy atom. The molecular weight excluding hydrogens is 286 g/mol. The van der Waals surface area contributed by atoms with Gasteiger partial charge in [-0.1, -0.05) is 6.07 Å². The van der Waals surface area contributed by atoms with E-state index in [1.165, 1.54) is 12.4 Å². The summed E-state index contributed by atoms with van der Waals surface area (Å²) in [5.41, 5.74) is 1.35. The maximum atomic E-state index is 11.5. The Hall–Kier alpha value is -2.83. The van der Waals surface area contributed by atoms with E-state index in [1.807, 2.05) is 18.2 Å². The van der Waals surface area contributed by atoms with Gasteiger partial charge in [-0.15, -0.1) is 0 Å². The molecule has 7 heteroatoms. The van der Waals surface area contributed by atoms with Gasteiger partial charge >= 0.3 is 5.97 Å². The van der Waals surface area contributed by atoms with E-state index in [1.54, 1.807) is 6.92 Å². The van der Waals surface area contributed by atoms with Crippen molar-refractivity contribution in [2.24, 2.45) is 0 Å². The van der Waals surface area contributed by atoms with Crippen LogP contribution < -0.4 is 14.8 Å². The Morgan fingerprint density at radius 2 is 2.05 bits per heavy atom. The summed E-state index contributed by atoms with van der Waals surface area (Å²) in [5, 5.41) is 3.08. The summed E-state index contributed by atoms with van der Waals surface area (Å²) >= 11 is 0. The van der Waals surface area contributed by atoms with Crippen LogP contribution in [0.4, 0.5) is 5.95 Å². The number of carbonyl (C=O) groups is 1. The fourth-order valence-electron chi connectivity index (χ4n) is 1.97. The standard InChI is InChI=1S/C15H15N3O4/c1-2-20-14(19)11-7-17-15(18-8-11)16-6-10-3-4-12-13(5-10)22-9-21-12/h3-5,7-8H,2,6,9H2,1H3,(H,16,17,18). The van der Waals surface area contributed by atoms with Gasteiger partial charge in [-0.2, -0.15) is 0 Å². The minimum absolute atomic E-state index is 0.255. The van der Waals surface area contributed by atoms with Crippen LogP contribution in [0.1, 0.15) is 22.8 Å². The summed E-state index contributed by atoms with van der Waals surface area (Å²) in [6.07, 6.45) is 2.87.